The summed E-state index contributed by atoms with van der Waals surface area (Å²) < 4.78 is 5.28. The van der Waals surface area contributed by atoms with E-state index < -0.39 is 108 Å². The predicted molar refractivity (Wildman–Crippen MR) is 272 cm³/mol. The fourth-order valence-corrected chi connectivity index (χ4v) is 7.67. The third-order valence-corrected chi connectivity index (χ3v) is 11.8. The van der Waals surface area contributed by atoms with E-state index in [0.717, 1.165) is 0 Å². The van der Waals surface area contributed by atoms with Gasteiger partial charge in [0.1, 0.15) is 42.0 Å². The average Bonchev–Trinajstić information content (AvgIpc) is 3.86. The number of aromatic hydroxyl groups is 1. The largest absolute Gasteiger partial charge is 0.508 e. The number of carbonyl (C=O) groups is 9. The van der Waals surface area contributed by atoms with Gasteiger partial charge >= 0.3 is 5.97 Å². The average molecular weight is 1040 g/mol. The maximum Gasteiger partial charge on any atom is 0.329 e. The van der Waals surface area contributed by atoms with Gasteiger partial charge in [0.2, 0.25) is 41.4 Å². The molecule has 0 aliphatic heterocycles. The minimum absolute atomic E-state index is 0.0140. The van der Waals surface area contributed by atoms with Gasteiger partial charge in [-0.05, 0) is 80.2 Å². The zero-order valence-electron chi connectivity index (χ0n) is 41.6. The Bertz CT molecular complexity index is 2290. The van der Waals surface area contributed by atoms with Gasteiger partial charge in [0, 0.05) is 36.9 Å². The molecule has 0 radical (unpaired) electrons. The van der Waals surface area contributed by atoms with Crippen molar-refractivity contribution in [1.82, 2.24) is 41.9 Å². The summed E-state index contributed by atoms with van der Waals surface area (Å²) in [6.45, 7) is 7.24. The molecule has 0 fully saturated rings. The van der Waals surface area contributed by atoms with Crippen molar-refractivity contribution in [1.29, 1.82) is 0 Å². The van der Waals surface area contributed by atoms with Crippen molar-refractivity contribution in [2.75, 3.05) is 12.3 Å². The Kier molecular flexibility index (Phi) is 25.4. The first kappa shape index (κ1) is 60.3. The molecule has 0 aliphatic rings. The van der Waals surface area contributed by atoms with Gasteiger partial charge < -0.3 is 69.7 Å². The fourth-order valence-electron chi connectivity index (χ4n) is 7.42. The molecular weight excluding hydrogens is 965 g/mol. The van der Waals surface area contributed by atoms with Gasteiger partial charge in [-0.3, -0.25) is 38.4 Å². The summed E-state index contributed by atoms with van der Waals surface area (Å²) >= 11 is 4.03. The number of imidazole rings is 1. The number of ether oxygens (including phenoxy) is 1. The number of thiol groups is 1. The van der Waals surface area contributed by atoms with Gasteiger partial charge in [-0.15, -0.1) is 0 Å². The Morgan fingerprint density at radius 3 is 1.81 bits per heavy atom. The first-order chi connectivity index (χ1) is 34.6. The van der Waals surface area contributed by atoms with Crippen LogP contribution in [0.15, 0.2) is 67.1 Å². The second-order valence-corrected chi connectivity index (χ2v) is 18.8. The van der Waals surface area contributed by atoms with Crippen LogP contribution in [0.3, 0.4) is 0 Å². The summed E-state index contributed by atoms with van der Waals surface area (Å²) in [5.41, 5.74) is 24.3. The molecule has 1 aromatic heterocycles. The number of primary amides is 2. The van der Waals surface area contributed by atoms with E-state index in [9.17, 15) is 48.3 Å². The molecule has 0 spiro atoms. The number of nitrogens with one attached hydrogen (secondary N) is 7. The van der Waals surface area contributed by atoms with Crippen LogP contribution in [-0.4, -0.2) is 129 Å². The zero-order chi connectivity index (χ0) is 54.2. The van der Waals surface area contributed by atoms with E-state index in [1.807, 2.05) is 13.8 Å². The van der Waals surface area contributed by atoms with Gasteiger partial charge in [0.05, 0.1) is 12.4 Å². The number of nitrogens with zero attached hydrogens (tertiary/aromatic N) is 1. The third-order valence-electron chi connectivity index (χ3n) is 11.4. The van der Waals surface area contributed by atoms with Gasteiger partial charge in [0.25, 0.3) is 5.91 Å². The van der Waals surface area contributed by atoms with Crippen molar-refractivity contribution in [3.63, 3.8) is 0 Å². The number of unbranched alkanes of at least 4 members (excludes halogenated alkanes) is 1. The monoisotopic (exact) mass is 1040 g/mol. The molecular formula is C49H72N12O11S. The van der Waals surface area contributed by atoms with Gasteiger partial charge in [-0.1, -0.05) is 70.2 Å². The quantitative estimate of drug-likeness (QED) is 0.0199. The lowest BCUT2D eigenvalue weighted by Crippen LogP contribution is -2.61. The number of phenolic OH excluding ortho intramolecular Hbond substituents is 1. The van der Waals surface area contributed by atoms with Gasteiger partial charge in [-0.2, -0.15) is 12.6 Å². The lowest BCUT2D eigenvalue weighted by Gasteiger charge is -2.29. The number of benzene rings is 2. The van der Waals surface area contributed by atoms with Crippen molar-refractivity contribution in [2.24, 2.45) is 34.8 Å². The zero-order valence-corrected chi connectivity index (χ0v) is 42.5. The SMILES string of the molecule is CC(C)C[C@H](NC(=O)[C@H](Cc1ccccc1)NC(=O)[C@@H](NC(=O)[C@H](Cc1cnc[nH]1)NC(=O)[C@H](CCC(N)=O)NC(=O)[C@@H](N)Cc1ccc(O)cc1)C(C)C)C(=O)N[C@@H](CCCCN)C(=O)OC(CS)C(N)=O. The first-order valence-corrected chi connectivity index (χ1v) is 24.7. The van der Waals surface area contributed by atoms with Crippen molar-refractivity contribution >= 4 is 65.9 Å². The Morgan fingerprint density at radius 2 is 1.23 bits per heavy atom. The number of H-pyrrole nitrogens is 1. The molecule has 3 aromatic rings. The summed E-state index contributed by atoms with van der Waals surface area (Å²) in [7, 11) is 0. The van der Waals surface area contributed by atoms with Crippen molar-refractivity contribution < 1.29 is 53.0 Å². The van der Waals surface area contributed by atoms with Gasteiger partial charge in [0.15, 0.2) is 6.10 Å². The molecule has 23 nitrogen and oxygen atoms in total. The van der Waals surface area contributed by atoms with Crippen LogP contribution in [0.5, 0.6) is 5.75 Å². The molecule has 16 N–H and O–H groups in total. The molecule has 0 aliphatic carbocycles. The number of amides is 8. The summed E-state index contributed by atoms with van der Waals surface area (Å²) in [5, 5.41) is 25.7. The third kappa shape index (κ3) is 21.3. The number of hydrogen-bond acceptors (Lipinski definition) is 15. The Labute approximate surface area is 430 Å². The van der Waals surface area contributed by atoms with E-state index in [4.69, 9.17) is 27.7 Å². The standard InChI is InChI=1S/C49H72N12O11S/c1-27(2)20-36(45(67)57-35(12-8-9-19-50)49(71)72-39(25-73)42(53)64)58-46(68)37(22-29-10-6-5-7-11-29)60-48(70)41(28(3)4)61-47(69)38(23-31-24-54-26-55-31)59-44(66)34(17-18-40(52)63)56-43(65)33(51)21-30-13-15-32(62)16-14-30/h5-7,10-11,13-16,24,26-28,33-39,41,62,73H,8-9,12,17-23,25,50-51H2,1-4H3,(H2,52,63)(H2,53,64)(H,54,55)(H,56,65)(H,57,67)(H,58,68)(H,59,66)(H,60,70)(H,61,69)/t33-,34-,35-,36-,37-,38-,39?,41-/m0/s1. The number of rotatable bonds is 32. The topological polar surface area (TPSA) is 388 Å². The highest BCUT2D eigenvalue weighted by atomic mass is 32.1. The number of esters is 1. The molecule has 2 aromatic carbocycles. The van der Waals surface area contributed by atoms with E-state index in [0.29, 0.717) is 36.2 Å². The number of nitrogens with two attached hydrogens (primary N) is 4. The molecule has 3 rings (SSSR count). The summed E-state index contributed by atoms with van der Waals surface area (Å²) in [6.07, 6.45) is 1.75. The molecule has 8 amide bonds. The minimum Gasteiger partial charge on any atom is -0.508 e. The van der Waals surface area contributed by atoms with Gasteiger partial charge in [-0.25, -0.2) is 9.78 Å². The molecule has 8 atom stereocenters. The number of phenols is 1. The lowest BCUT2D eigenvalue weighted by atomic mass is 9.98. The number of hydrogen-bond donors (Lipinski definition) is 13. The summed E-state index contributed by atoms with van der Waals surface area (Å²) in [5.74, 6) is -8.35. The molecule has 1 heterocycles. The fraction of sp³-hybridized carbons (Fsp3) is 0.510. The number of aromatic amines is 1. The van der Waals surface area contributed by atoms with E-state index in [-0.39, 0.29) is 62.4 Å². The normalized spacial score (nSPS) is 14.5. The molecule has 400 valence electrons. The van der Waals surface area contributed by atoms with Crippen LogP contribution >= 0.6 is 12.6 Å². The van der Waals surface area contributed by atoms with E-state index in [2.05, 4.69) is 54.5 Å². The van der Waals surface area contributed by atoms with E-state index in [1.54, 1.807) is 56.3 Å². The van der Waals surface area contributed by atoms with Crippen LogP contribution in [0.4, 0.5) is 0 Å². The summed E-state index contributed by atoms with van der Waals surface area (Å²) in [6, 6.07) is 5.64. The molecule has 24 heteroatoms. The van der Waals surface area contributed by atoms with Crippen LogP contribution in [0.25, 0.3) is 0 Å². The highest BCUT2D eigenvalue weighted by molar-refractivity contribution is 7.80. The van der Waals surface area contributed by atoms with Crippen LogP contribution in [0.2, 0.25) is 0 Å². The summed E-state index contributed by atoms with van der Waals surface area (Å²) in [4.78, 5) is 128. The van der Waals surface area contributed by atoms with Crippen molar-refractivity contribution in [2.45, 2.75) is 134 Å². The number of aromatic nitrogens is 2. The maximum absolute atomic E-state index is 14.4. The maximum atomic E-state index is 14.4. The smallest absolute Gasteiger partial charge is 0.329 e. The van der Waals surface area contributed by atoms with Crippen molar-refractivity contribution in [3.8, 4) is 5.75 Å². The minimum atomic E-state index is -1.41. The van der Waals surface area contributed by atoms with Crippen molar-refractivity contribution in [3.05, 3.63) is 83.9 Å². The second kappa shape index (κ2) is 30.7. The lowest BCUT2D eigenvalue weighted by molar-refractivity contribution is -0.156. The Hall–Kier alpha value is -7.05. The van der Waals surface area contributed by atoms with Crippen LogP contribution in [0.1, 0.15) is 83.0 Å². The predicted octanol–water partition coefficient (Wildman–Crippen LogP) is -1.20. The van der Waals surface area contributed by atoms with E-state index in [1.165, 1.54) is 24.7 Å². The Morgan fingerprint density at radius 1 is 0.671 bits per heavy atom. The Balaban J connectivity index is 1.89. The van der Waals surface area contributed by atoms with E-state index >= 15 is 0 Å². The molecule has 0 saturated carbocycles. The van der Waals surface area contributed by atoms with Crippen LogP contribution in [0, 0.1) is 11.8 Å². The number of carbonyl (C=O) groups excluding carboxylic acids is 9. The second-order valence-electron chi connectivity index (χ2n) is 18.4. The highest BCUT2D eigenvalue weighted by Gasteiger charge is 2.36. The molecule has 0 bridgehead atoms. The molecule has 73 heavy (non-hydrogen) atoms. The first-order valence-electron chi connectivity index (χ1n) is 24.1. The molecule has 1 unspecified atom stereocenters. The highest BCUT2D eigenvalue weighted by Crippen LogP contribution is 2.14. The van der Waals surface area contributed by atoms with Crippen LogP contribution in [-0.2, 0) is 67.2 Å². The van der Waals surface area contributed by atoms with Crippen LogP contribution < -0.4 is 54.8 Å². The molecule has 0 saturated heterocycles.